The highest BCUT2D eigenvalue weighted by Crippen LogP contribution is 2.16. The van der Waals surface area contributed by atoms with Gasteiger partial charge in [0.15, 0.2) is 5.13 Å². The summed E-state index contributed by atoms with van der Waals surface area (Å²) >= 11 is 1.20. The van der Waals surface area contributed by atoms with Crippen LogP contribution in [-0.4, -0.2) is 29.9 Å². The van der Waals surface area contributed by atoms with Gasteiger partial charge in [0.05, 0.1) is 0 Å². The van der Waals surface area contributed by atoms with Crippen molar-refractivity contribution in [2.24, 2.45) is 5.73 Å². The lowest BCUT2D eigenvalue weighted by Crippen LogP contribution is -2.29. The number of anilines is 1. The van der Waals surface area contributed by atoms with Gasteiger partial charge in [-0.1, -0.05) is 18.2 Å². The summed E-state index contributed by atoms with van der Waals surface area (Å²) in [6, 6.07) is 8.81. The molecule has 0 unspecified atom stereocenters. The van der Waals surface area contributed by atoms with Crippen molar-refractivity contribution in [2.45, 2.75) is 0 Å². The molecule has 0 fully saturated rings. The smallest absolute Gasteiger partial charge is 0.270 e. The first-order chi connectivity index (χ1) is 9.70. The molecule has 0 radical (unpaired) electrons. The van der Waals surface area contributed by atoms with E-state index in [0.717, 1.165) is 0 Å². The summed E-state index contributed by atoms with van der Waals surface area (Å²) in [6.07, 6.45) is 0. The Morgan fingerprint density at radius 3 is 2.65 bits per heavy atom. The fraction of sp³-hybridized carbons (Fsp3) is 0.154. The molecule has 2 amide bonds. The largest absolute Gasteiger partial charge is 0.349 e. The summed E-state index contributed by atoms with van der Waals surface area (Å²) in [5.41, 5.74) is 6.11. The highest BCUT2D eigenvalue weighted by atomic mass is 32.1. The molecule has 2 rings (SSSR count). The van der Waals surface area contributed by atoms with Crippen LogP contribution in [0.2, 0.25) is 0 Å². The maximum atomic E-state index is 11.9. The van der Waals surface area contributed by atoms with Gasteiger partial charge in [-0.3, -0.25) is 14.9 Å². The van der Waals surface area contributed by atoms with Crippen LogP contribution < -0.4 is 16.4 Å². The molecule has 2 aromatic rings. The number of rotatable bonds is 5. The Bertz CT molecular complexity index is 597. The molecule has 7 heteroatoms. The van der Waals surface area contributed by atoms with Crippen LogP contribution in [-0.2, 0) is 0 Å². The van der Waals surface area contributed by atoms with Gasteiger partial charge < -0.3 is 11.1 Å². The summed E-state index contributed by atoms with van der Waals surface area (Å²) in [4.78, 5) is 27.6. The maximum absolute atomic E-state index is 11.9. The Balaban J connectivity index is 1.99. The minimum absolute atomic E-state index is 0.256. The molecule has 0 aliphatic rings. The van der Waals surface area contributed by atoms with E-state index in [9.17, 15) is 9.59 Å². The van der Waals surface area contributed by atoms with Crippen LogP contribution in [0, 0.1) is 0 Å². The second-order valence-electron chi connectivity index (χ2n) is 3.90. The van der Waals surface area contributed by atoms with E-state index < -0.39 is 0 Å². The van der Waals surface area contributed by atoms with Crippen LogP contribution in [0.4, 0.5) is 5.13 Å². The molecule has 4 N–H and O–H groups in total. The minimum atomic E-state index is -0.299. The molecule has 0 aliphatic carbocycles. The molecule has 1 aromatic carbocycles. The van der Waals surface area contributed by atoms with E-state index in [1.165, 1.54) is 11.3 Å². The van der Waals surface area contributed by atoms with Crippen molar-refractivity contribution < 1.29 is 9.59 Å². The van der Waals surface area contributed by atoms with E-state index in [2.05, 4.69) is 15.6 Å². The second kappa shape index (κ2) is 6.78. The number of nitrogens with one attached hydrogen (secondary N) is 2. The van der Waals surface area contributed by atoms with Crippen LogP contribution in [0.1, 0.15) is 20.8 Å². The van der Waals surface area contributed by atoms with Gasteiger partial charge in [0.25, 0.3) is 11.8 Å². The maximum Gasteiger partial charge on any atom is 0.270 e. The van der Waals surface area contributed by atoms with E-state index in [1.54, 1.807) is 29.6 Å². The van der Waals surface area contributed by atoms with E-state index in [4.69, 9.17) is 5.73 Å². The first-order valence-corrected chi connectivity index (χ1v) is 6.89. The van der Waals surface area contributed by atoms with Crippen molar-refractivity contribution in [3.05, 3.63) is 47.0 Å². The molecule has 0 atom stereocenters. The summed E-state index contributed by atoms with van der Waals surface area (Å²) in [7, 11) is 0. The highest BCUT2D eigenvalue weighted by molar-refractivity contribution is 7.14. The zero-order valence-corrected chi connectivity index (χ0v) is 11.4. The SMILES string of the molecule is NCCNC(=O)c1csc(NC(=O)c2ccccc2)n1. The van der Waals surface area contributed by atoms with Crippen molar-refractivity contribution in [1.82, 2.24) is 10.3 Å². The van der Waals surface area contributed by atoms with Crippen LogP contribution in [0.25, 0.3) is 0 Å². The molecule has 104 valence electrons. The van der Waals surface area contributed by atoms with Crippen LogP contribution in [0.5, 0.6) is 0 Å². The summed E-state index contributed by atoms with van der Waals surface area (Å²) in [5.74, 6) is -0.555. The predicted octanol–water partition coefficient (Wildman–Crippen LogP) is 1.08. The molecule has 6 nitrogen and oxygen atoms in total. The number of hydrogen-bond donors (Lipinski definition) is 3. The Kier molecular flexibility index (Phi) is 4.80. The van der Waals surface area contributed by atoms with Gasteiger partial charge in [-0.25, -0.2) is 4.98 Å². The first-order valence-electron chi connectivity index (χ1n) is 6.01. The zero-order chi connectivity index (χ0) is 14.4. The fourth-order valence-corrected chi connectivity index (χ4v) is 2.16. The number of nitrogens with zero attached hydrogens (tertiary/aromatic N) is 1. The molecule has 0 aliphatic heterocycles. The number of aromatic nitrogens is 1. The van der Waals surface area contributed by atoms with Gasteiger partial charge in [-0.2, -0.15) is 0 Å². The van der Waals surface area contributed by atoms with Crippen molar-refractivity contribution in [2.75, 3.05) is 18.4 Å². The number of amides is 2. The van der Waals surface area contributed by atoms with E-state index in [-0.39, 0.29) is 17.5 Å². The Morgan fingerprint density at radius 2 is 1.95 bits per heavy atom. The van der Waals surface area contributed by atoms with Crippen LogP contribution in [0.15, 0.2) is 35.7 Å². The van der Waals surface area contributed by atoms with Crippen LogP contribution >= 0.6 is 11.3 Å². The normalized spacial score (nSPS) is 10.1. The fourth-order valence-electron chi connectivity index (χ4n) is 1.47. The Morgan fingerprint density at radius 1 is 1.20 bits per heavy atom. The molecule has 0 saturated carbocycles. The lowest BCUT2D eigenvalue weighted by Gasteiger charge is -2.01. The van der Waals surface area contributed by atoms with Gasteiger partial charge in [-0.15, -0.1) is 11.3 Å². The van der Waals surface area contributed by atoms with Crippen LogP contribution in [0.3, 0.4) is 0 Å². The van der Waals surface area contributed by atoms with E-state index in [1.807, 2.05) is 6.07 Å². The standard InChI is InChI=1S/C13H14N4O2S/c14-6-7-15-12(19)10-8-20-13(16-10)17-11(18)9-4-2-1-3-5-9/h1-5,8H,6-7,14H2,(H,15,19)(H,16,17,18). The van der Waals surface area contributed by atoms with Crippen molar-refractivity contribution in [1.29, 1.82) is 0 Å². The molecular formula is C13H14N4O2S. The molecule has 0 saturated heterocycles. The van der Waals surface area contributed by atoms with Gasteiger partial charge in [0.1, 0.15) is 5.69 Å². The topological polar surface area (TPSA) is 97.1 Å². The number of carbonyl (C=O) groups excluding carboxylic acids is 2. The number of hydrogen-bond acceptors (Lipinski definition) is 5. The summed E-state index contributed by atoms with van der Waals surface area (Å²) in [5, 5.41) is 7.24. The Hall–Kier alpha value is -2.25. The average Bonchev–Trinajstić information content (AvgIpc) is 2.94. The third-order valence-corrected chi connectivity index (χ3v) is 3.18. The van der Waals surface area contributed by atoms with Crippen molar-refractivity contribution in [3.8, 4) is 0 Å². The molecule has 1 aromatic heterocycles. The van der Waals surface area contributed by atoms with Crippen molar-refractivity contribution >= 4 is 28.3 Å². The minimum Gasteiger partial charge on any atom is -0.349 e. The molecule has 20 heavy (non-hydrogen) atoms. The molecular weight excluding hydrogens is 276 g/mol. The Labute approximate surface area is 120 Å². The van der Waals surface area contributed by atoms with Crippen molar-refractivity contribution in [3.63, 3.8) is 0 Å². The first kappa shape index (κ1) is 14.2. The number of thiazole rings is 1. The quantitative estimate of drug-likeness (QED) is 0.767. The molecule has 1 heterocycles. The van der Waals surface area contributed by atoms with Gasteiger partial charge in [0, 0.05) is 24.0 Å². The van der Waals surface area contributed by atoms with Gasteiger partial charge >= 0.3 is 0 Å². The van der Waals surface area contributed by atoms with Gasteiger partial charge in [-0.05, 0) is 12.1 Å². The highest BCUT2D eigenvalue weighted by Gasteiger charge is 2.12. The molecule has 0 spiro atoms. The zero-order valence-electron chi connectivity index (χ0n) is 10.6. The third kappa shape index (κ3) is 3.62. The molecule has 0 bridgehead atoms. The monoisotopic (exact) mass is 290 g/mol. The van der Waals surface area contributed by atoms with E-state index >= 15 is 0 Å². The lowest BCUT2D eigenvalue weighted by atomic mass is 10.2. The number of benzene rings is 1. The number of nitrogens with two attached hydrogens (primary N) is 1. The summed E-state index contributed by atoms with van der Waals surface area (Å²) in [6.45, 7) is 0.759. The van der Waals surface area contributed by atoms with E-state index in [0.29, 0.717) is 23.8 Å². The number of carbonyl (C=O) groups is 2. The lowest BCUT2D eigenvalue weighted by molar-refractivity contribution is 0.0949. The second-order valence-corrected chi connectivity index (χ2v) is 4.76. The predicted molar refractivity (Wildman–Crippen MR) is 77.9 cm³/mol. The van der Waals surface area contributed by atoms with Gasteiger partial charge in [0.2, 0.25) is 0 Å². The summed E-state index contributed by atoms with van der Waals surface area (Å²) < 4.78 is 0. The third-order valence-electron chi connectivity index (χ3n) is 2.42. The average molecular weight is 290 g/mol.